The van der Waals surface area contributed by atoms with E-state index >= 15 is 0 Å². The fourth-order valence-corrected chi connectivity index (χ4v) is 3.32. The molecule has 1 aromatic heterocycles. The van der Waals surface area contributed by atoms with Crippen molar-refractivity contribution in [3.8, 4) is 5.75 Å². The lowest BCUT2D eigenvalue weighted by Crippen LogP contribution is -2.22. The number of benzene rings is 2. The summed E-state index contributed by atoms with van der Waals surface area (Å²) in [7, 11) is 0. The summed E-state index contributed by atoms with van der Waals surface area (Å²) < 4.78 is 34.6. The predicted molar refractivity (Wildman–Crippen MR) is 118 cm³/mol. The van der Waals surface area contributed by atoms with E-state index in [0.29, 0.717) is 30.8 Å². The molecule has 0 bridgehead atoms. The Morgan fingerprint density at radius 3 is 2.29 bits per heavy atom. The van der Waals surface area contributed by atoms with E-state index < -0.39 is 0 Å². The third-order valence-electron chi connectivity index (χ3n) is 5.33. The van der Waals surface area contributed by atoms with Crippen molar-refractivity contribution in [2.75, 3.05) is 13.1 Å². The van der Waals surface area contributed by atoms with Crippen molar-refractivity contribution < 1.29 is 13.5 Å². The molecule has 0 aliphatic rings. The van der Waals surface area contributed by atoms with Crippen molar-refractivity contribution in [3.63, 3.8) is 0 Å². The average Bonchev–Trinajstić information content (AvgIpc) is 2.77. The number of aryl methyl sites for hydroxylation is 2. The molecule has 2 aromatic carbocycles. The number of hydrogen-bond acceptors (Lipinski definition) is 3. The molecule has 164 valence electrons. The van der Waals surface area contributed by atoms with E-state index in [1.165, 1.54) is 18.2 Å². The smallest absolute Gasteiger partial charge is 0.254 e. The van der Waals surface area contributed by atoms with Crippen molar-refractivity contribution >= 4 is 0 Å². The highest BCUT2D eigenvalue weighted by Gasteiger charge is 2.08. The number of hydrogen-bond donors (Lipinski definition) is 0. The van der Waals surface area contributed by atoms with E-state index in [4.69, 9.17) is 4.74 Å². The molecule has 0 fully saturated rings. The first kappa shape index (κ1) is 22.7. The molecule has 3 rings (SSSR count). The van der Waals surface area contributed by atoms with Crippen LogP contribution in [-0.2, 0) is 26.1 Å². The standard InChI is InChI=1S/C25H28F2N2O2/c1-3-28(4-2)17-21-8-5-19(15-24(21)27)11-13-29-14-12-23(16-25(29)30)31-18-20-6-9-22(26)10-7-20/h5-10,12,14-16H,3-4,11,13,17-18H2,1-2H3. The van der Waals surface area contributed by atoms with Crippen LogP contribution in [0.4, 0.5) is 8.78 Å². The minimum Gasteiger partial charge on any atom is -0.489 e. The molecule has 0 radical (unpaired) electrons. The molecule has 0 aliphatic heterocycles. The molecule has 0 saturated carbocycles. The second-order valence-corrected chi connectivity index (χ2v) is 7.45. The Balaban J connectivity index is 1.57. The largest absolute Gasteiger partial charge is 0.489 e. The van der Waals surface area contributed by atoms with Crippen molar-refractivity contribution in [2.24, 2.45) is 0 Å². The molecular formula is C25H28F2N2O2. The van der Waals surface area contributed by atoms with Gasteiger partial charge in [0.05, 0.1) is 0 Å². The van der Waals surface area contributed by atoms with Gasteiger partial charge in [-0.15, -0.1) is 0 Å². The van der Waals surface area contributed by atoms with Crippen LogP contribution >= 0.6 is 0 Å². The number of halogens is 2. The molecular weight excluding hydrogens is 398 g/mol. The number of rotatable bonds is 10. The van der Waals surface area contributed by atoms with Crippen LogP contribution in [0.25, 0.3) is 0 Å². The fourth-order valence-electron chi connectivity index (χ4n) is 3.32. The van der Waals surface area contributed by atoms with Gasteiger partial charge in [0.2, 0.25) is 0 Å². The van der Waals surface area contributed by atoms with Crippen LogP contribution in [-0.4, -0.2) is 22.6 Å². The Hall–Kier alpha value is -2.99. The highest BCUT2D eigenvalue weighted by molar-refractivity contribution is 5.25. The summed E-state index contributed by atoms with van der Waals surface area (Å²) in [5.41, 5.74) is 2.17. The van der Waals surface area contributed by atoms with Crippen molar-refractivity contribution in [3.05, 3.63) is 99.5 Å². The monoisotopic (exact) mass is 426 g/mol. The first-order valence-electron chi connectivity index (χ1n) is 10.6. The van der Waals surface area contributed by atoms with Crippen LogP contribution in [0.1, 0.15) is 30.5 Å². The van der Waals surface area contributed by atoms with Crippen molar-refractivity contribution in [2.45, 2.75) is 40.0 Å². The summed E-state index contributed by atoms with van der Waals surface area (Å²) in [6, 6.07) is 14.5. The summed E-state index contributed by atoms with van der Waals surface area (Å²) in [6.07, 6.45) is 2.23. The van der Waals surface area contributed by atoms with Gasteiger partial charge in [0.15, 0.2) is 0 Å². The highest BCUT2D eigenvalue weighted by Crippen LogP contribution is 2.15. The van der Waals surface area contributed by atoms with Gasteiger partial charge in [0.1, 0.15) is 24.0 Å². The zero-order chi connectivity index (χ0) is 22.2. The molecule has 0 aliphatic carbocycles. The van der Waals surface area contributed by atoms with E-state index in [1.54, 1.807) is 35.0 Å². The molecule has 31 heavy (non-hydrogen) atoms. The minimum atomic E-state index is -0.301. The van der Waals surface area contributed by atoms with Crippen LogP contribution < -0.4 is 10.3 Å². The Labute approximate surface area is 181 Å². The number of ether oxygens (including phenoxy) is 1. The Bertz CT molecular complexity index is 1040. The number of pyridine rings is 1. The molecule has 0 unspecified atom stereocenters. The summed E-state index contributed by atoms with van der Waals surface area (Å²) >= 11 is 0. The Kier molecular flexibility index (Phi) is 7.95. The quantitative estimate of drug-likeness (QED) is 0.468. The lowest BCUT2D eigenvalue weighted by molar-refractivity contribution is 0.291. The SMILES string of the molecule is CCN(CC)Cc1ccc(CCn2ccc(OCc3ccc(F)cc3)cc2=O)cc1F. The van der Waals surface area contributed by atoms with Crippen LogP contribution in [0.15, 0.2) is 65.6 Å². The van der Waals surface area contributed by atoms with Crippen LogP contribution in [0.3, 0.4) is 0 Å². The Morgan fingerprint density at radius 2 is 1.65 bits per heavy atom. The van der Waals surface area contributed by atoms with Crippen LogP contribution in [0.2, 0.25) is 0 Å². The summed E-state index contributed by atoms with van der Waals surface area (Å²) in [5, 5.41) is 0. The zero-order valence-corrected chi connectivity index (χ0v) is 18.0. The zero-order valence-electron chi connectivity index (χ0n) is 18.0. The second kappa shape index (κ2) is 10.9. The molecule has 0 atom stereocenters. The normalized spacial score (nSPS) is 11.1. The van der Waals surface area contributed by atoms with E-state index in [9.17, 15) is 13.6 Å². The van der Waals surface area contributed by atoms with Gasteiger partial charge in [-0.2, -0.15) is 0 Å². The topological polar surface area (TPSA) is 34.5 Å². The molecule has 0 N–H and O–H groups in total. The summed E-state index contributed by atoms with van der Waals surface area (Å²) in [5.74, 6) is -0.0524. The predicted octanol–water partition coefficient (Wildman–Crippen LogP) is 4.79. The van der Waals surface area contributed by atoms with E-state index in [-0.39, 0.29) is 23.8 Å². The fraction of sp³-hybridized carbons (Fsp3) is 0.320. The average molecular weight is 427 g/mol. The summed E-state index contributed by atoms with van der Waals surface area (Å²) in [4.78, 5) is 14.5. The second-order valence-electron chi connectivity index (χ2n) is 7.45. The Morgan fingerprint density at radius 1 is 0.935 bits per heavy atom. The maximum absolute atomic E-state index is 14.5. The first-order valence-corrected chi connectivity index (χ1v) is 10.6. The maximum Gasteiger partial charge on any atom is 0.254 e. The lowest BCUT2D eigenvalue weighted by Gasteiger charge is -2.18. The van der Waals surface area contributed by atoms with Crippen molar-refractivity contribution in [1.29, 1.82) is 0 Å². The lowest BCUT2D eigenvalue weighted by atomic mass is 10.1. The van der Waals surface area contributed by atoms with E-state index in [1.807, 2.05) is 12.1 Å². The molecule has 0 saturated heterocycles. The van der Waals surface area contributed by atoms with Gasteiger partial charge in [-0.3, -0.25) is 9.69 Å². The molecule has 0 amide bonds. The third kappa shape index (κ3) is 6.49. The molecule has 6 heteroatoms. The van der Waals surface area contributed by atoms with Gasteiger partial charge < -0.3 is 9.30 Å². The van der Waals surface area contributed by atoms with Gasteiger partial charge in [-0.25, -0.2) is 8.78 Å². The molecule has 0 spiro atoms. The summed E-state index contributed by atoms with van der Waals surface area (Å²) in [6.45, 7) is 7.18. The van der Waals surface area contributed by atoms with Gasteiger partial charge in [0, 0.05) is 30.9 Å². The number of nitrogens with zero attached hydrogens (tertiary/aromatic N) is 2. The third-order valence-corrected chi connectivity index (χ3v) is 5.33. The first-order chi connectivity index (χ1) is 15.0. The number of aromatic nitrogens is 1. The van der Waals surface area contributed by atoms with Crippen LogP contribution in [0.5, 0.6) is 5.75 Å². The molecule has 4 nitrogen and oxygen atoms in total. The van der Waals surface area contributed by atoms with Crippen LogP contribution in [0, 0.1) is 11.6 Å². The van der Waals surface area contributed by atoms with Gasteiger partial charge in [-0.05, 0) is 54.9 Å². The molecule has 1 heterocycles. The van der Waals surface area contributed by atoms with E-state index in [2.05, 4.69) is 18.7 Å². The highest BCUT2D eigenvalue weighted by atomic mass is 19.1. The van der Waals surface area contributed by atoms with Gasteiger partial charge in [-0.1, -0.05) is 38.1 Å². The van der Waals surface area contributed by atoms with Crippen molar-refractivity contribution in [1.82, 2.24) is 9.47 Å². The molecule has 3 aromatic rings. The minimum absolute atomic E-state index is 0.185. The van der Waals surface area contributed by atoms with Gasteiger partial charge >= 0.3 is 0 Å². The van der Waals surface area contributed by atoms with Gasteiger partial charge in [0.25, 0.3) is 5.56 Å². The van der Waals surface area contributed by atoms with E-state index in [0.717, 1.165) is 24.2 Å². The maximum atomic E-state index is 14.5.